The molecule has 2 rings (SSSR count). The Morgan fingerprint density at radius 3 is 2.68 bits per heavy atom. The van der Waals surface area contributed by atoms with E-state index in [4.69, 9.17) is 11.0 Å². The predicted molar refractivity (Wildman–Crippen MR) is 87.1 cm³/mol. The van der Waals surface area contributed by atoms with Crippen LogP contribution in [0.5, 0.6) is 0 Å². The third-order valence-electron chi connectivity index (χ3n) is 3.54. The summed E-state index contributed by atoms with van der Waals surface area (Å²) in [7, 11) is 0. The summed E-state index contributed by atoms with van der Waals surface area (Å²) in [5.74, 6) is 0. The first-order valence-electron chi connectivity index (χ1n) is 7.10. The summed E-state index contributed by atoms with van der Waals surface area (Å²) in [5, 5.41) is 12.7. The van der Waals surface area contributed by atoms with Crippen LogP contribution >= 0.6 is 11.3 Å². The lowest BCUT2D eigenvalue weighted by molar-refractivity contribution is 0.628. The van der Waals surface area contributed by atoms with Crippen LogP contribution in [0.4, 0.5) is 0 Å². The average molecular weight is 321 g/mol. The molecule has 2 heterocycles. The number of hydrogen-bond acceptors (Lipinski definition) is 6. The van der Waals surface area contributed by atoms with E-state index < -0.39 is 5.69 Å². The van der Waals surface area contributed by atoms with Gasteiger partial charge < -0.3 is 11.1 Å². The van der Waals surface area contributed by atoms with E-state index in [1.165, 1.54) is 20.5 Å². The van der Waals surface area contributed by atoms with Crippen LogP contribution in [0.3, 0.4) is 0 Å². The standard InChI is InChI=1S/C14H19N5O2S/c1-3-18-12(20)11-9(2)10(8-17-6-4-15)22-13(11)19(7-5-16)14(18)21/h17H,3-4,6-8,15H2,1-2H3. The summed E-state index contributed by atoms with van der Waals surface area (Å²) in [6.45, 7) is 5.65. The highest BCUT2D eigenvalue weighted by molar-refractivity contribution is 7.18. The van der Waals surface area contributed by atoms with Crippen molar-refractivity contribution >= 4 is 21.6 Å². The second-order valence-electron chi connectivity index (χ2n) is 4.87. The maximum absolute atomic E-state index is 12.5. The number of thiophene rings is 1. The lowest BCUT2D eigenvalue weighted by Crippen LogP contribution is -2.39. The zero-order valence-electron chi connectivity index (χ0n) is 12.7. The summed E-state index contributed by atoms with van der Waals surface area (Å²) >= 11 is 1.38. The molecule has 0 saturated heterocycles. The van der Waals surface area contributed by atoms with Gasteiger partial charge in [0.25, 0.3) is 5.56 Å². The van der Waals surface area contributed by atoms with E-state index in [2.05, 4.69) is 5.32 Å². The fraction of sp³-hybridized carbons (Fsp3) is 0.500. The minimum absolute atomic E-state index is 0.0643. The lowest BCUT2D eigenvalue weighted by atomic mass is 10.2. The molecule has 2 aromatic rings. The molecule has 0 radical (unpaired) electrons. The van der Waals surface area contributed by atoms with Gasteiger partial charge in [0.05, 0.1) is 11.5 Å². The maximum atomic E-state index is 12.5. The molecule has 0 aromatic carbocycles. The molecule has 0 aliphatic heterocycles. The van der Waals surface area contributed by atoms with Gasteiger partial charge in [0.2, 0.25) is 0 Å². The normalized spacial score (nSPS) is 11.0. The smallest absolute Gasteiger partial charge is 0.329 e. The monoisotopic (exact) mass is 321 g/mol. The summed E-state index contributed by atoms with van der Waals surface area (Å²) in [6, 6.07) is 1.99. The van der Waals surface area contributed by atoms with Crippen molar-refractivity contribution in [2.75, 3.05) is 13.1 Å². The summed E-state index contributed by atoms with van der Waals surface area (Å²) in [5.41, 5.74) is 5.61. The van der Waals surface area contributed by atoms with Crippen molar-refractivity contribution in [2.24, 2.45) is 5.73 Å². The second kappa shape index (κ2) is 6.87. The molecule has 22 heavy (non-hydrogen) atoms. The molecule has 7 nitrogen and oxygen atoms in total. The highest BCUT2D eigenvalue weighted by Gasteiger charge is 2.18. The van der Waals surface area contributed by atoms with E-state index in [0.717, 1.165) is 10.4 Å². The highest BCUT2D eigenvalue weighted by Crippen LogP contribution is 2.27. The van der Waals surface area contributed by atoms with Crippen molar-refractivity contribution in [3.05, 3.63) is 31.3 Å². The fourth-order valence-corrected chi connectivity index (χ4v) is 3.66. The van der Waals surface area contributed by atoms with Crippen molar-refractivity contribution in [2.45, 2.75) is 33.5 Å². The van der Waals surface area contributed by atoms with Gasteiger partial charge in [-0.2, -0.15) is 5.26 Å². The Morgan fingerprint density at radius 1 is 1.36 bits per heavy atom. The molecule has 8 heteroatoms. The van der Waals surface area contributed by atoms with E-state index in [9.17, 15) is 9.59 Å². The maximum Gasteiger partial charge on any atom is 0.333 e. The van der Waals surface area contributed by atoms with Crippen LogP contribution in [0.2, 0.25) is 0 Å². The molecule has 0 spiro atoms. The van der Waals surface area contributed by atoms with E-state index in [0.29, 0.717) is 29.9 Å². The summed E-state index contributed by atoms with van der Waals surface area (Å²) < 4.78 is 2.56. The molecule has 0 aliphatic carbocycles. The number of rotatable bonds is 6. The Kier molecular flexibility index (Phi) is 5.13. The van der Waals surface area contributed by atoms with Gasteiger partial charge in [0.1, 0.15) is 11.4 Å². The number of nitrogens with two attached hydrogens (primary N) is 1. The van der Waals surface area contributed by atoms with Gasteiger partial charge in [-0.3, -0.25) is 13.9 Å². The van der Waals surface area contributed by atoms with Gasteiger partial charge in [0, 0.05) is 31.1 Å². The van der Waals surface area contributed by atoms with Crippen molar-refractivity contribution in [1.82, 2.24) is 14.5 Å². The molecule has 0 unspecified atom stereocenters. The Balaban J connectivity index is 2.72. The van der Waals surface area contributed by atoms with E-state index in [-0.39, 0.29) is 18.6 Å². The van der Waals surface area contributed by atoms with E-state index >= 15 is 0 Å². The SMILES string of the molecule is CCn1c(=O)c2c(C)c(CNCCN)sc2n(CC#N)c1=O. The number of aryl methyl sites for hydroxylation is 1. The minimum atomic E-state index is -0.427. The number of nitrogens with zero attached hydrogens (tertiary/aromatic N) is 3. The molecule has 0 aliphatic rings. The summed E-state index contributed by atoms with van der Waals surface area (Å²) in [6.07, 6.45) is 0. The average Bonchev–Trinajstić information content (AvgIpc) is 2.82. The van der Waals surface area contributed by atoms with Crippen LogP contribution in [0.1, 0.15) is 17.4 Å². The molecule has 3 N–H and O–H groups in total. The minimum Gasteiger partial charge on any atom is -0.329 e. The van der Waals surface area contributed by atoms with Crippen LogP contribution in [-0.2, 0) is 19.6 Å². The summed E-state index contributed by atoms with van der Waals surface area (Å²) in [4.78, 5) is 26.4. The van der Waals surface area contributed by atoms with Crippen molar-refractivity contribution in [3.63, 3.8) is 0 Å². The number of aromatic nitrogens is 2. The molecule has 0 amide bonds. The van der Waals surface area contributed by atoms with Crippen LogP contribution in [0.25, 0.3) is 10.2 Å². The van der Waals surface area contributed by atoms with Gasteiger partial charge in [-0.15, -0.1) is 11.3 Å². The van der Waals surface area contributed by atoms with Gasteiger partial charge in [0.15, 0.2) is 0 Å². The van der Waals surface area contributed by atoms with Gasteiger partial charge >= 0.3 is 5.69 Å². The van der Waals surface area contributed by atoms with Gasteiger partial charge in [-0.25, -0.2) is 4.79 Å². The van der Waals surface area contributed by atoms with Crippen molar-refractivity contribution < 1.29 is 0 Å². The third-order valence-corrected chi connectivity index (χ3v) is 4.86. The number of fused-ring (bicyclic) bond motifs is 1. The molecule has 0 saturated carbocycles. The zero-order valence-corrected chi connectivity index (χ0v) is 13.5. The number of nitrogens with one attached hydrogen (secondary N) is 1. The quantitative estimate of drug-likeness (QED) is 0.735. The Labute approximate surface area is 131 Å². The van der Waals surface area contributed by atoms with Gasteiger partial charge in [-0.05, 0) is 19.4 Å². The molecule has 118 valence electrons. The van der Waals surface area contributed by atoms with E-state index in [1.54, 1.807) is 6.92 Å². The largest absolute Gasteiger partial charge is 0.333 e. The third kappa shape index (κ3) is 2.70. The Bertz CT molecular complexity index is 840. The van der Waals surface area contributed by atoms with Crippen molar-refractivity contribution in [1.29, 1.82) is 5.26 Å². The number of hydrogen-bond donors (Lipinski definition) is 2. The lowest BCUT2D eigenvalue weighted by Gasteiger charge is -2.07. The van der Waals surface area contributed by atoms with Crippen LogP contribution < -0.4 is 22.3 Å². The first-order chi connectivity index (χ1) is 10.6. The molecule has 0 atom stereocenters. The molecular weight excluding hydrogens is 302 g/mol. The first kappa shape index (κ1) is 16.4. The Morgan fingerprint density at radius 2 is 2.09 bits per heavy atom. The zero-order chi connectivity index (χ0) is 16.3. The topological polar surface area (TPSA) is 106 Å². The molecular formula is C14H19N5O2S. The van der Waals surface area contributed by atoms with Crippen LogP contribution in [0.15, 0.2) is 9.59 Å². The first-order valence-corrected chi connectivity index (χ1v) is 7.91. The fourth-order valence-electron chi connectivity index (χ4n) is 2.40. The molecule has 0 fully saturated rings. The van der Waals surface area contributed by atoms with Gasteiger partial charge in [-0.1, -0.05) is 0 Å². The Hall–Kier alpha value is -1.95. The van der Waals surface area contributed by atoms with Crippen molar-refractivity contribution in [3.8, 4) is 6.07 Å². The molecule has 2 aromatic heterocycles. The van der Waals surface area contributed by atoms with E-state index in [1.807, 2.05) is 13.0 Å². The second-order valence-corrected chi connectivity index (χ2v) is 5.96. The molecule has 0 bridgehead atoms. The van der Waals surface area contributed by atoms with Crippen LogP contribution in [0, 0.1) is 18.3 Å². The van der Waals surface area contributed by atoms with Crippen LogP contribution in [-0.4, -0.2) is 22.2 Å². The highest BCUT2D eigenvalue weighted by atomic mass is 32.1. The predicted octanol–water partition coefficient (Wildman–Crippen LogP) is 0.125. The number of nitriles is 1.